The Balaban J connectivity index is 1.57. The van der Waals surface area contributed by atoms with E-state index in [4.69, 9.17) is 9.47 Å². The fourth-order valence-corrected chi connectivity index (χ4v) is 2.84. The molecule has 0 bridgehead atoms. The molecule has 18 heavy (non-hydrogen) atoms. The first kappa shape index (κ1) is 12.4. The van der Waals surface area contributed by atoms with Crippen LogP contribution in [0.1, 0.15) is 12.8 Å². The van der Waals surface area contributed by atoms with Crippen LogP contribution in [0, 0.1) is 5.92 Å². The Morgan fingerprint density at radius 1 is 1.17 bits per heavy atom. The number of halogens is 1. The predicted octanol–water partition coefficient (Wildman–Crippen LogP) is 2.43. The van der Waals surface area contributed by atoms with Crippen molar-refractivity contribution in [1.29, 1.82) is 0 Å². The second-order valence-electron chi connectivity index (χ2n) is 4.77. The van der Waals surface area contributed by atoms with Crippen molar-refractivity contribution in [3.05, 3.63) is 22.8 Å². The molecule has 3 heterocycles. The molecule has 4 nitrogen and oxygen atoms in total. The number of anilines is 1. The molecular formula is C13H17BrN2O2. The Morgan fingerprint density at radius 2 is 1.89 bits per heavy atom. The second-order valence-corrected chi connectivity index (χ2v) is 5.68. The van der Waals surface area contributed by atoms with Crippen molar-refractivity contribution in [3.8, 4) is 0 Å². The topological polar surface area (TPSA) is 34.6 Å². The van der Waals surface area contributed by atoms with Crippen molar-refractivity contribution < 1.29 is 9.47 Å². The van der Waals surface area contributed by atoms with E-state index in [-0.39, 0.29) is 6.29 Å². The van der Waals surface area contributed by atoms with Gasteiger partial charge in [0.1, 0.15) is 5.82 Å². The molecule has 0 aromatic carbocycles. The number of rotatable bonds is 2. The smallest absolute Gasteiger partial charge is 0.160 e. The number of hydrogen-bond acceptors (Lipinski definition) is 4. The van der Waals surface area contributed by atoms with Gasteiger partial charge in [-0.25, -0.2) is 4.98 Å². The molecule has 0 N–H and O–H groups in total. The summed E-state index contributed by atoms with van der Waals surface area (Å²) in [5.41, 5.74) is 0. The summed E-state index contributed by atoms with van der Waals surface area (Å²) in [6, 6.07) is 4.10. The van der Waals surface area contributed by atoms with Crippen molar-refractivity contribution in [2.24, 2.45) is 5.92 Å². The number of ether oxygens (including phenoxy) is 2. The molecule has 2 fully saturated rings. The molecule has 1 aromatic heterocycles. The van der Waals surface area contributed by atoms with Crippen LogP contribution in [0.15, 0.2) is 22.8 Å². The Labute approximate surface area is 115 Å². The van der Waals surface area contributed by atoms with Gasteiger partial charge in [0.2, 0.25) is 0 Å². The third-order valence-electron chi connectivity index (χ3n) is 3.61. The first-order chi connectivity index (χ1) is 8.83. The van der Waals surface area contributed by atoms with Crippen LogP contribution in [0.4, 0.5) is 5.82 Å². The number of hydrogen-bond donors (Lipinski definition) is 0. The fourth-order valence-electron chi connectivity index (χ4n) is 2.60. The molecule has 3 rings (SSSR count). The van der Waals surface area contributed by atoms with Crippen LogP contribution in [0.3, 0.4) is 0 Å². The highest BCUT2D eigenvalue weighted by molar-refractivity contribution is 9.10. The minimum atomic E-state index is 0.0324. The summed E-state index contributed by atoms with van der Waals surface area (Å²) in [6.45, 7) is 3.56. The van der Waals surface area contributed by atoms with Gasteiger partial charge < -0.3 is 14.4 Å². The van der Waals surface area contributed by atoms with E-state index in [9.17, 15) is 0 Å². The number of pyridine rings is 1. The summed E-state index contributed by atoms with van der Waals surface area (Å²) >= 11 is 3.41. The van der Waals surface area contributed by atoms with E-state index in [0.29, 0.717) is 5.92 Å². The van der Waals surface area contributed by atoms with Crippen LogP contribution in [-0.2, 0) is 9.47 Å². The highest BCUT2D eigenvalue weighted by Crippen LogP contribution is 2.28. The molecule has 5 heteroatoms. The largest absolute Gasteiger partial charge is 0.357 e. The van der Waals surface area contributed by atoms with Crippen LogP contribution < -0.4 is 4.90 Å². The molecule has 1 aromatic rings. The molecule has 0 radical (unpaired) electrons. The van der Waals surface area contributed by atoms with Crippen molar-refractivity contribution in [2.75, 3.05) is 31.2 Å². The van der Waals surface area contributed by atoms with Gasteiger partial charge in [-0.2, -0.15) is 0 Å². The summed E-state index contributed by atoms with van der Waals surface area (Å²) in [5.74, 6) is 1.60. The molecule has 0 saturated carbocycles. The van der Waals surface area contributed by atoms with Gasteiger partial charge in [-0.05, 0) is 40.9 Å². The van der Waals surface area contributed by atoms with E-state index >= 15 is 0 Å². The van der Waals surface area contributed by atoms with E-state index in [1.54, 1.807) is 0 Å². The van der Waals surface area contributed by atoms with E-state index in [2.05, 4.69) is 31.9 Å². The second kappa shape index (κ2) is 5.55. The van der Waals surface area contributed by atoms with Gasteiger partial charge in [-0.1, -0.05) is 0 Å². The van der Waals surface area contributed by atoms with E-state index in [1.165, 1.54) is 0 Å². The molecule has 0 spiro atoms. The Hall–Kier alpha value is -0.650. The van der Waals surface area contributed by atoms with Crippen molar-refractivity contribution in [2.45, 2.75) is 19.1 Å². The lowest BCUT2D eigenvalue weighted by Crippen LogP contribution is -2.38. The first-order valence-electron chi connectivity index (χ1n) is 6.42. The van der Waals surface area contributed by atoms with Gasteiger partial charge in [0.15, 0.2) is 6.29 Å². The van der Waals surface area contributed by atoms with Gasteiger partial charge in [0.25, 0.3) is 0 Å². The van der Waals surface area contributed by atoms with Gasteiger partial charge in [-0.3, -0.25) is 0 Å². The first-order valence-corrected chi connectivity index (χ1v) is 7.22. The number of aromatic nitrogens is 1. The molecule has 98 valence electrons. The third kappa shape index (κ3) is 2.68. The number of nitrogens with zero attached hydrogens (tertiary/aromatic N) is 2. The quantitative estimate of drug-likeness (QED) is 0.840. The SMILES string of the molecule is Brc1ccc(N2CCC(C3OCCO3)CC2)nc1. The zero-order chi connectivity index (χ0) is 12.4. The predicted molar refractivity (Wildman–Crippen MR) is 72.6 cm³/mol. The highest BCUT2D eigenvalue weighted by Gasteiger charge is 2.30. The summed E-state index contributed by atoms with van der Waals surface area (Å²) in [7, 11) is 0. The molecule has 2 aliphatic heterocycles. The maximum absolute atomic E-state index is 5.59. The minimum absolute atomic E-state index is 0.0324. The molecule has 2 saturated heterocycles. The summed E-state index contributed by atoms with van der Waals surface area (Å²) < 4.78 is 12.2. The van der Waals surface area contributed by atoms with Gasteiger partial charge in [0, 0.05) is 29.7 Å². The summed E-state index contributed by atoms with van der Waals surface area (Å²) in [6.07, 6.45) is 4.11. The van der Waals surface area contributed by atoms with E-state index in [1.807, 2.05) is 12.3 Å². The molecule has 0 unspecified atom stereocenters. The molecule has 2 aliphatic rings. The third-order valence-corrected chi connectivity index (χ3v) is 4.08. The van der Waals surface area contributed by atoms with Crippen molar-refractivity contribution >= 4 is 21.7 Å². The van der Waals surface area contributed by atoms with Crippen LogP contribution in [0.2, 0.25) is 0 Å². The maximum Gasteiger partial charge on any atom is 0.160 e. The van der Waals surface area contributed by atoms with Gasteiger partial charge in [-0.15, -0.1) is 0 Å². The average molecular weight is 313 g/mol. The standard InChI is InChI=1S/C13H17BrN2O2/c14-11-1-2-12(15-9-11)16-5-3-10(4-6-16)13-17-7-8-18-13/h1-2,9-10,13H,3-8H2. The van der Waals surface area contributed by atoms with E-state index in [0.717, 1.165) is 49.4 Å². The van der Waals surface area contributed by atoms with Crippen LogP contribution in [0.5, 0.6) is 0 Å². The maximum atomic E-state index is 5.59. The van der Waals surface area contributed by atoms with Gasteiger partial charge in [0.05, 0.1) is 13.2 Å². The van der Waals surface area contributed by atoms with Crippen LogP contribution in [0.25, 0.3) is 0 Å². The highest BCUT2D eigenvalue weighted by atomic mass is 79.9. The lowest BCUT2D eigenvalue weighted by Gasteiger charge is -2.34. The monoisotopic (exact) mass is 312 g/mol. The lowest BCUT2D eigenvalue weighted by molar-refractivity contribution is -0.0889. The lowest BCUT2D eigenvalue weighted by atomic mass is 9.96. The normalized spacial score (nSPS) is 22.6. The van der Waals surface area contributed by atoms with E-state index < -0.39 is 0 Å². The minimum Gasteiger partial charge on any atom is -0.357 e. The Morgan fingerprint density at radius 3 is 2.50 bits per heavy atom. The Kier molecular flexibility index (Phi) is 3.82. The summed E-state index contributed by atoms with van der Waals surface area (Å²) in [4.78, 5) is 6.77. The molecular weight excluding hydrogens is 296 g/mol. The Bertz CT molecular complexity index is 384. The van der Waals surface area contributed by atoms with Crippen molar-refractivity contribution in [3.63, 3.8) is 0 Å². The zero-order valence-electron chi connectivity index (χ0n) is 10.2. The fraction of sp³-hybridized carbons (Fsp3) is 0.615. The zero-order valence-corrected chi connectivity index (χ0v) is 11.8. The van der Waals surface area contributed by atoms with Gasteiger partial charge >= 0.3 is 0 Å². The molecule has 0 aliphatic carbocycles. The summed E-state index contributed by atoms with van der Waals surface area (Å²) in [5, 5.41) is 0. The van der Waals surface area contributed by atoms with Crippen molar-refractivity contribution in [1.82, 2.24) is 4.98 Å². The number of piperidine rings is 1. The average Bonchev–Trinajstić information content (AvgIpc) is 2.94. The molecule has 0 amide bonds. The van der Waals surface area contributed by atoms with Crippen LogP contribution in [-0.4, -0.2) is 37.6 Å². The van der Waals surface area contributed by atoms with Crippen LogP contribution >= 0.6 is 15.9 Å². The molecule has 0 atom stereocenters.